The number of carbonyl (C=O) groups is 3. The smallest absolute Gasteiger partial charge is 0.272 e. The van der Waals surface area contributed by atoms with E-state index in [4.69, 9.17) is 11.6 Å². The highest BCUT2D eigenvalue weighted by Crippen LogP contribution is 2.27. The zero-order valence-corrected chi connectivity index (χ0v) is 22.7. The first-order chi connectivity index (χ1) is 18.4. The molecule has 0 fully saturated rings. The van der Waals surface area contributed by atoms with Gasteiger partial charge in [0.15, 0.2) is 0 Å². The summed E-state index contributed by atoms with van der Waals surface area (Å²) in [5, 5.41) is 10.6. The van der Waals surface area contributed by atoms with Crippen molar-refractivity contribution in [3.63, 3.8) is 0 Å². The van der Waals surface area contributed by atoms with Gasteiger partial charge in [0.25, 0.3) is 11.8 Å². The zero-order valence-electron chi connectivity index (χ0n) is 20.3. The minimum atomic E-state index is -0.460. The van der Waals surface area contributed by atoms with E-state index in [1.54, 1.807) is 72.8 Å². The molecule has 4 rings (SSSR count). The van der Waals surface area contributed by atoms with Gasteiger partial charge in [-0.25, -0.2) is 0 Å². The second-order valence-electron chi connectivity index (χ2n) is 8.13. The van der Waals surface area contributed by atoms with Gasteiger partial charge < -0.3 is 16.0 Å². The number of amides is 3. The van der Waals surface area contributed by atoms with E-state index in [0.717, 1.165) is 9.77 Å². The molecule has 1 heterocycles. The van der Waals surface area contributed by atoms with Gasteiger partial charge in [-0.15, -0.1) is 23.1 Å². The fourth-order valence-electron chi connectivity index (χ4n) is 3.34. The van der Waals surface area contributed by atoms with E-state index in [1.165, 1.54) is 23.1 Å². The van der Waals surface area contributed by atoms with Crippen LogP contribution in [0.25, 0.3) is 6.08 Å². The van der Waals surface area contributed by atoms with Crippen LogP contribution in [0.1, 0.15) is 22.2 Å². The van der Waals surface area contributed by atoms with Gasteiger partial charge in [-0.3, -0.25) is 14.4 Å². The van der Waals surface area contributed by atoms with E-state index in [1.807, 2.05) is 36.6 Å². The van der Waals surface area contributed by atoms with Crippen LogP contribution >= 0.6 is 34.7 Å². The lowest BCUT2D eigenvalue weighted by Crippen LogP contribution is -2.30. The van der Waals surface area contributed by atoms with E-state index in [9.17, 15) is 14.4 Å². The zero-order chi connectivity index (χ0) is 26.9. The Morgan fingerprint density at radius 2 is 1.63 bits per heavy atom. The van der Waals surface area contributed by atoms with Crippen molar-refractivity contribution in [3.8, 4) is 0 Å². The topological polar surface area (TPSA) is 87.3 Å². The van der Waals surface area contributed by atoms with Gasteiger partial charge in [0.1, 0.15) is 5.70 Å². The molecule has 0 saturated carbocycles. The van der Waals surface area contributed by atoms with Crippen LogP contribution < -0.4 is 16.0 Å². The third kappa shape index (κ3) is 7.82. The van der Waals surface area contributed by atoms with Crippen molar-refractivity contribution in [2.24, 2.45) is 0 Å². The lowest BCUT2D eigenvalue weighted by molar-refractivity contribution is -0.115. The first kappa shape index (κ1) is 27.2. The highest BCUT2D eigenvalue weighted by Gasteiger charge is 2.17. The number of rotatable bonds is 9. The maximum Gasteiger partial charge on any atom is 0.272 e. The molecule has 0 aliphatic heterocycles. The van der Waals surface area contributed by atoms with Gasteiger partial charge in [-0.2, -0.15) is 0 Å². The first-order valence-electron chi connectivity index (χ1n) is 11.6. The number of halogens is 1. The molecule has 9 heteroatoms. The lowest BCUT2D eigenvalue weighted by atomic mass is 10.2. The summed E-state index contributed by atoms with van der Waals surface area (Å²) >= 11 is 8.72. The maximum atomic E-state index is 13.2. The molecule has 0 bridgehead atoms. The van der Waals surface area contributed by atoms with Crippen LogP contribution in [0.4, 0.5) is 11.4 Å². The molecule has 3 N–H and O–H groups in total. The Labute approximate surface area is 234 Å². The monoisotopic (exact) mass is 561 g/mol. The van der Waals surface area contributed by atoms with Crippen LogP contribution in [0.2, 0.25) is 5.02 Å². The molecule has 0 aliphatic rings. The van der Waals surface area contributed by atoms with E-state index in [2.05, 4.69) is 16.0 Å². The number of benzene rings is 3. The van der Waals surface area contributed by atoms with Gasteiger partial charge in [0, 0.05) is 31.7 Å². The molecule has 0 saturated heterocycles. The first-order valence-corrected chi connectivity index (χ1v) is 13.8. The van der Waals surface area contributed by atoms with Crippen molar-refractivity contribution in [2.75, 3.05) is 10.6 Å². The number of thiophene rings is 1. The summed E-state index contributed by atoms with van der Waals surface area (Å²) in [7, 11) is 0. The fourth-order valence-corrected chi connectivity index (χ4v) is 5.05. The third-order valence-corrected chi connectivity index (χ3v) is 7.41. The summed E-state index contributed by atoms with van der Waals surface area (Å²) in [6.45, 7) is 1.81. The van der Waals surface area contributed by atoms with Crippen molar-refractivity contribution >= 4 is 69.9 Å². The summed E-state index contributed by atoms with van der Waals surface area (Å²) < 4.78 is 0. The summed E-state index contributed by atoms with van der Waals surface area (Å²) in [4.78, 5) is 40.2. The van der Waals surface area contributed by atoms with Crippen LogP contribution in [0, 0.1) is 0 Å². The highest BCUT2D eigenvalue weighted by molar-refractivity contribution is 8.00. The van der Waals surface area contributed by atoms with E-state index < -0.39 is 11.2 Å². The van der Waals surface area contributed by atoms with Crippen LogP contribution in [-0.4, -0.2) is 23.0 Å². The summed E-state index contributed by atoms with van der Waals surface area (Å²) in [6.07, 6.45) is 1.64. The Morgan fingerprint density at radius 3 is 2.34 bits per heavy atom. The van der Waals surface area contributed by atoms with Crippen molar-refractivity contribution in [1.82, 2.24) is 5.32 Å². The quantitative estimate of drug-likeness (QED) is 0.153. The second-order valence-corrected chi connectivity index (χ2v) is 11.0. The SMILES string of the molecule is CC(Sc1cccc(NC(=O)/C(=C/c2cccs2)NC(=O)c2ccccc2)c1)C(=O)Nc1ccc(Cl)cc1. The Balaban J connectivity index is 1.44. The molecule has 3 amide bonds. The van der Waals surface area contributed by atoms with Crippen molar-refractivity contribution in [2.45, 2.75) is 17.1 Å². The van der Waals surface area contributed by atoms with Crippen LogP contribution in [0.3, 0.4) is 0 Å². The van der Waals surface area contributed by atoms with Crippen molar-refractivity contribution in [3.05, 3.63) is 118 Å². The standard InChI is InChI=1S/C29H24ClN3O3S2/c1-19(27(34)31-22-14-12-21(30)13-15-22)38-25-10-5-9-23(17-25)32-29(36)26(18-24-11-6-16-37-24)33-28(35)20-7-3-2-4-8-20/h2-19H,1H3,(H,31,34)(H,32,36)(H,33,35)/b26-18-. The van der Waals surface area contributed by atoms with Gasteiger partial charge in [0.2, 0.25) is 5.91 Å². The molecule has 1 atom stereocenters. The van der Waals surface area contributed by atoms with E-state index in [-0.39, 0.29) is 17.5 Å². The molecule has 192 valence electrons. The number of hydrogen-bond acceptors (Lipinski definition) is 5. The maximum absolute atomic E-state index is 13.2. The minimum absolute atomic E-state index is 0.120. The lowest BCUT2D eigenvalue weighted by Gasteiger charge is -2.14. The Morgan fingerprint density at radius 1 is 0.868 bits per heavy atom. The van der Waals surface area contributed by atoms with Crippen LogP contribution in [-0.2, 0) is 9.59 Å². The third-order valence-electron chi connectivity index (χ3n) is 5.24. The minimum Gasteiger partial charge on any atom is -0.325 e. The Hall–Kier alpha value is -3.85. The average Bonchev–Trinajstić information content (AvgIpc) is 3.43. The van der Waals surface area contributed by atoms with E-state index >= 15 is 0 Å². The molecule has 0 spiro atoms. The molecule has 3 aromatic carbocycles. The van der Waals surface area contributed by atoms with Gasteiger partial charge in [0.05, 0.1) is 5.25 Å². The summed E-state index contributed by atoms with van der Waals surface area (Å²) in [5.41, 5.74) is 1.77. The predicted octanol–water partition coefficient (Wildman–Crippen LogP) is 6.93. The van der Waals surface area contributed by atoms with Gasteiger partial charge >= 0.3 is 0 Å². The summed E-state index contributed by atoms with van der Waals surface area (Å²) in [6, 6.07) is 26.6. The number of nitrogens with one attached hydrogen (secondary N) is 3. The molecular formula is C29H24ClN3O3S2. The molecule has 4 aromatic rings. The molecule has 0 aliphatic carbocycles. The number of hydrogen-bond donors (Lipinski definition) is 3. The fraction of sp³-hybridized carbons (Fsp3) is 0.0690. The van der Waals surface area contributed by atoms with Crippen LogP contribution in [0.5, 0.6) is 0 Å². The molecule has 1 aromatic heterocycles. The van der Waals surface area contributed by atoms with Crippen molar-refractivity contribution < 1.29 is 14.4 Å². The average molecular weight is 562 g/mol. The molecule has 38 heavy (non-hydrogen) atoms. The Bertz CT molecular complexity index is 1440. The van der Waals surface area contributed by atoms with E-state index in [0.29, 0.717) is 22.0 Å². The van der Waals surface area contributed by atoms with Crippen molar-refractivity contribution in [1.29, 1.82) is 0 Å². The number of thioether (sulfide) groups is 1. The predicted molar refractivity (Wildman–Crippen MR) is 157 cm³/mol. The van der Waals surface area contributed by atoms with Crippen LogP contribution in [0.15, 0.2) is 107 Å². The normalized spacial score (nSPS) is 11.9. The number of anilines is 2. The number of carbonyl (C=O) groups excluding carboxylic acids is 3. The molecular weight excluding hydrogens is 538 g/mol. The highest BCUT2D eigenvalue weighted by atomic mass is 35.5. The molecule has 6 nitrogen and oxygen atoms in total. The molecule has 1 unspecified atom stereocenters. The second kappa shape index (κ2) is 13.1. The molecule has 0 radical (unpaired) electrons. The summed E-state index contributed by atoms with van der Waals surface area (Å²) in [5.74, 6) is -0.997. The Kier molecular flexibility index (Phi) is 9.37. The van der Waals surface area contributed by atoms with Gasteiger partial charge in [-0.05, 0) is 79.0 Å². The largest absolute Gasteiger partial charge is 0.325 e. The van der Waals surface area contributed by atoms with Gasteiger partial charge in [-0.1, -0.05) is 41.9 Å².